The fourth-order valence-electron chi connectivity index (χ4n) is 5.90. The average Bonchev–Trinajstić information content (AvgIpc) is 3.04. The lowest BCUT2D eigenvalue weighted by molar-refractivity contribution is 1.27. The number of aryl methyl sites for hydroxylation is 7. The number of fused-ring (bicyclic) bond motifs is 3. The highest BCUT2D eigenvalue weighted by Gasteiger charge is 2.32. The number of aromatic nitrogens is 2. The van der Waals surface area contributed by atoms with E-state index in [-0.39, 0.29) is 6.85 Å². The van der Waals surface area contributed by atoms with Gasteiger partial charge in [-0.05, 0) is 83.7 Å². The second kappa shape index (κ2) is 7.92. The third-order valence-corrected chi connectivity index (χ3v) is 6.99. The van der Waals surface area contributed by atoms with Crippen molar-refractivity contribution in [2.45, 2.75) is 48.5 Å². The monoisotopic (exact) mass is 430 g/mol. The number of benzene rings is 3. The second-order valence-corrected chi connectivity index (χ2v) is 9.79. The average molecular weight is 430 g/mol. The molecule has 5 aromatic rings. The van der Waals surface area contributed by atoms with E-state index in [2.05, 4.69) is 108 Å². The van der Waals surface area contributed by atoms with E-state index in [1.54, 1.807) is 0 Å². The van der Waals surface area contributed by atoms with E-state index in [9.17, 15) is 0 Å². The highest BCUT2D eigenvalue weighted by Crippen LogP contribution is 2.29. The summed E-state index contributed by atoms with van der Waals surface area (Å²) in [4.78, 5) is 4.84. The van der Waals surface area contributed by atoms with Crippen LogP contribution in [0.4, 0.5) is 0 Å². The van der Waals surface area contributed by atoms with Gasteiger partial charge in [-0.3, -0.25) is 4.98 Å². The molecule has 33 heavy (non-hydrogen) atoms. The largest absolute Gasteiger partial charge is 0.375 e. The van der Waals surface area contributed by atoms with Gasteiger partial charge >= 0.3 is 6.85 Å². The minimum Gasteiger partial charge on any atom is -0.375 e. The first-order valence-corrected chi connectivity index (χ1v) is 11.8. The predicted octanol–water partition coefficient (Wildman–Crippen LogP) is 6.00. The molecule has 5 rings (SSSR count). The molecule has 0 N–H and O–H groups in total. The summed E-state index contributed by atoms with van der Waals surface area (Å²) < 4.78 is 2.53. The molecule has 3 aromatic carbocycles. The Hall–Kier alpha value is -3.33. The van der Waals surface area contributed by atoms with Crippen LogP contribution < -0.4 is 10.9 Å². The van der Waals surface area contributed by atoms with Gasteiger partial charge in [0.15, 0.2) is 0 Å². The van der Waals surface area contributed by atoms with Crippen molar-refractivity contribution in [3.8, 4) is 0 Å². The number of hydrogen-bond acceptors (Lipinski definition) is 1. The van der Waals surface area contributed by atoms with Gasteiger partial charge in [0.1, 0.15) is 0 Å². The van der Waals surface area contributed by atoms with Gasteiger partial charge in [-0.25, -0.2) is 0 Å². The fraction of sp³-hybridized carbons (Fsp3) is 0.233. The summed E-state index contributed by atoms with van der Waals surface area (Å²) in [6.07, 6.45) is 1.91. The Bertz CT molecular complexity index is 1440. The Kier molecular flexibility index (Phi) is 5.16. The van der Waals surface area contributed by atoms with Gasteiger partial charge in [-0.15, -0.1) is 0 Å². The molecule has 0 aliphatic rings. The molecule has 0 unspecified atom stereocenters. The zero-order chi connectivity index (χ0) is 23.4. The molecule has 0 radical (unpaired) electrons. The lowest BCUT2D eigenvalue weighted by Crippen LogP contribution is -2.53. The Morgan fingerprint density at radius 1 is 0.606 bits per heavy atom. The highest BCUT2D eigenvalue weighted by atomic mass is 14.9. The van der Waals surface area contributed by atoms with Crippen LogP contribution in [0.2, 0.25) is 0 Å². The van der Waals surface area contributed by atoms with Gasteiger partial charge < -0.3 is 4.48 Å². The Morgan fingerprint density at radius 2 is 1.15 bits per heavy atom. The quantitative estimate of drug-likeness (QED) is 0.321. The molecule has 2 aromatic heterocycles. The van der Waals surface area contributed by atoms with Gasteiger partial charge in [-0.1, -0.05) is 69.3 Å². The smallest absolute Gasteiger partial charge is 0.329 e. The topological polar surface area (TPSA) is 17.8 Å². The number of nitrogens with zero attached hydrogens (tertiary/aromatic N) is 2. The number of hydrogen-bond donors (Lipinski definition) is 0. The van der Waals surface area contributed by atoms with Crippen molar-refractivity contribution in [1.82, 2.24) is 9.46 Å². The maximum absolute atomic E-state index is 4.84. The number of rotatable bonds is 3. The third-order valence-electron chi connectivity index (χ3n) is 6.99. The summed E-state index contributed by atoms with van der Waals surface area (Å²) in [5, 5.41) is 1.22. The molecular weight excluding hydrogens is 399 g/mol. The molecule has 164 valence electrons. The van der Waals surface area contributed by atoms with Crippen LogP contribution in [0.25, 0.3) is 21.9 Å². The van der Waals surface area contributed by atoms with Gasteiger partial charge in [0.2, 0.25) is 0 Å². The SMILES string of the molecule is Cc1cc(C)c(B(c2c(C)cc(C)cc2C)n2c3ccc(C)cc3c3ncccc32)c(C)c1. The van der Waals surface area contributed by atoms with Gasteiger partial charge in [0.25, 0.3) is 0 Å². The Balaban J connectivity index is 1.99. The lowest BCUT2D eigenvalue weighted by atomic mass is 9.46. The standard InChI is InChI=1S/C30H31BN2/c1-18-10-11-26-25(17-18)30-27(9-8-12-32-30)33(26)31(28-21(4)13-19(2)14-22(28)5)29-23(6)15-20(3)16-24(29)7/h8-17H,1-7H3. The summed E-state index contributed by atoms with van der Waals surface area (Å²) in [5.74, 6) is 0. The van der Waals surface area contributed by atoms with Crippen molar-refractivity contribution in [3.63, 3.8) is 0 Å². The van der Waals surface area contributed by atoms with Gasteiger partial charge in [0.05, 0.1) is 11.0 Å². The minimum atomic E-state index is 0.0677. The van der Waals surface area contributed by atoms with Gasteiger partial charge in [-0.2, -0.15) is 0 Å². The molecule has 0 saturated carbocycles. The van der Waals surface area contributed by atoms with E-state index < -0.39 is 0 Å². The van der Waals surface area contributed by atoms with Crippen molar-refractivity contribution in [2.75, 3.05) is 0 Å². The van der Waals surface area contributed by atoms with Crippen molar-refractivity contribution in [3.05, 3.63) is 99.7 Å². The van der Waals surface area contributed by atoms with E-state index in [4.69, 9.17) is 4.98 Å². The molecule has 3 heteroatoms. The summed E-state index contributed by atoms with van der Waals surface area (Å²) in [5.41, 5.74) is 15.5. The van der Waals surface area contributed by atoms with Crippen LogP contribution in [0, 0.1) is 48.5 Å². The molecule has 0 bridgehead atoms. The van der Waals surface area contributed by atoms with Crippen LogP contribution in [0.3, 0.4) is 0 Å². The predicted molar refractivity (Wildman–Crippen MR) is 144 cm³/mol. The molecular formula is C30H31BN2. The zero-order valence-electron chi connectivity index (χ0n) is 20.7. The van der Waals surface area contributed by atoms with E-state index in [1.807, 2.05) is 6.20 Å². The maximum atomic E-state index is 4.84. The van der Waals surface area contributed by atoms with Crippen LogP contribution in [0.15, 0.2) is 60.8 Å². The zero-order valence-corrected chi connectivity index (χ0v) is 20.7. The van der Waals surface area contributed by atoms with E-state index in [0.29, 0.717) is 0 Å². The molecule has 2 nitrogen and oxygen atoms in total. The minimum absolute atomic E-state index is 0.0677. The molecule has 0 fully saturated rings. The summed E-state index contributed by atoms with van der Waals surface area (Å²) in [6.45, 7) is 15.6. The molecule has 0 atom stereocenters. The number of pyridine rings is 1. The Labute approximate surface area is 197 Å². The van der Waals surface area contributed by atoms with E-state index >= 15 is 0 Å². The lowest BCUT2D eigenvalue weighted by Gasteiger charge is -2.26. The molecule has 0 aliphatic heterocycles. The van der Waals surface area contributed by atoms with Crippen LogP contribution in [0.1, 0.15) is 38.9 Å². The summed E-state index contributed by atoms with van der Waals surface area (Å²) in [7, 11) is 0. The maximum Gasteiger partial charge on any atom is 0.329 e. The highest BCUT2D eigenvalue weighted by molar-refractivity contribution is 6.86. The van der Waals surface area contributed by atoms with Crippen molar-refractivity contribution in [2.24, 2.45) is 0 Å². The van der Waals surface area contributed by atoms with Crippen molar-refractivity contribution >= 4 is 39.7 Å². The van der Waals surface area contributed by atoms with E-state index in [1.165, 1.54) is 66.3 Å². The molecule has 2 heterocycles. The first-order valence-electron chi connectivity index (χ1n) is 11.8. The first kappa shape index (κ1) is 21.5. The van der Waals surface area contributed by atoms with Gasteiger partial charge in [0, 0.05) is 17.1 Å². The molecule has 0 saturated heterocycles. The summed E-state index contributed by atoms with van der Waals surface area (Å²) in [6, 6.07) is 20.4. The molecule has 0 aliphatic carbocycles. The fourth-order valence-corrected chi connectivity index (χ4v) is 5.90. The molecule has 0 spiro atoms. The van der Waals surface area contributed by atoms with Crippen molar-refractivity contribution < 1.29 is 0 Å². The van der Waals surface area contributed by atoms with Crippen LogP contribution >= 0.6 is 0 Å². The van der Waals surface area contributed by atoms with E-state index in [0.717, 1.165) is 5.52 Å². The third kappa shape index (κ3) is 3.47. The van der Waals surface area contributed by atoms with Crippen LogP contribution in [-0.2, 0) is 0 Å². The van der Waals surface area contributed by atoms with Crippen LogP contribution in [-0.4, -0.2) is 16.3 Å². The van der Waals surface area contributed by atoms with Crippen molar-refractivity contribution in [1.29, 1.82) is 0 Å². The molecule has 0 amide bonds. The van der Waals surface area contributed by atoms with Crippen LogP contribution in [0.5, 0.6) is 0 Å². The summed E-state index contributed by atoms with van der Waals surface area (Å²) >= 11 is 0. The first-order chi connectivity index (χ1) is 15.8. The normalized spacial score (nSPS) is 11.5. The Morgan fingerprint density at radius 3 is 1.70 bits per heavy atom. The second-order valence-electron chi connectivity index (χ2n) is 9.79.